The zero-order valence-electron chi connectivity index (χ0n) is 14.8. The number of carboxylic acid groups (broad SMARTS) is 1. The van der Waals surface area contributed by atoms with Gasteiger partial charge in [-0.05, 0) is 26.2 Å². The fourth-order valence-corrected chi connectivity index (χ4v) is 4.34. The molecule has 1 atom stereocenters. The van der Waals surface area contributed by atoms with Gasteiger partial charge in [0.2, 0.25) is 5.43 Å². The number of nitrogens with zero attached hydrogens (tertiary/aromatic N) is 2. The SMILES string of the molecule is Cc1c(F)c(N2CCC(N)C2)c(Cl)c2c1c(=O)c(C(=O)O)c(N)n2C1CC1. The van der Waals surface area contributed by atoms with Crippen molar-refractivity contribution in [3.05, 3.63) is 32.2 Å². The van der Waals surface area contributed by atoms with E-state index < -0.39 is 22.8 Å². The van der Waals surface area contributed by atoms with Crippen LogP contribution in [0, 0.1) is 12.7 Å². The van der Waals surface area contributed by atoms with Crippen molar-refractivity contribution >= 4 is 40.0 Å². The first-order valence-electron chi connectivity index (χ1n) is 8.83. The number of pyridine rings is 1. The molecule has 1 saturated heterocycles. The van der Waals surface area contributed by atoms with Gasteiger partial charge in [-0.15, -0.1) is 0 Å². The molecule has 4 rings (SSSR count). The molecule has 9 heteroatoms. The van der Waals surface area contributed by atoms with E-state index in [9.17, 15) is 14.7 Å². The number of nitrogen functional groups attached to an aromatic ring is 1. The van der Waals surface area contributed by atoms with Gasteiger partial charge < -0.3 is 26.0 Å². The Morgan fingerprint density at radius 2 is 2.00 bits per heavy atom. The van der Waals surface area contributed by atoms with E-state index in [0.717, 1.165) is 12.8 Å². The number of hydrogen-bond acceptors (Lipinski definition) is 5. The summed E-state index contributed by atoms with van der Waals surface area (Å²) in [4.78, 5) is 26.3. The van der Waals surface area contributed by atoms with Crippen molar-refractivity contribution in [1.29, 1.82) is 0 Å². The molecule has 7 nitrogen and oxygen atoms in total. The van der Waals surface area contributed by atoms with Gasteiger partial charge in [0.15, 0.2) is 5.82 Å². The second-order valence-corrected chi connectivity index (χ2v) is 7.69. The fourth-order valence-electron chi connectivity index (χ4n) is 3.96. The minimum atomic E-state index is -1.43. The van der Waals surface area contributed by atoms with Crippen LogP contribution >= 0.6 is 11.6 Å². The number of aromatic carboxylic acids is 1. The highest BCUT2D eigenvalue weighted by Crippen LogP contribution is 2.45. The van der Waals surface area contributed by atoms with E-state index in [-0.39, 0.29) is 39.6 Å². The van der Waals surface area contributed by atoms with Gasteiger partial charge in [0, 0.05) is 30.7 Å². The zero-order chi connectivity index (χ0) is 19.6. The van der Waals surface area contributed by atoms with E-state index in [0.29, 0.717) is 25.0 Å². The second-order valence-electron chi connectivity index (χ2n) is 7.32. The highest BCUT2D eigenvalue weighted by Gasteiger charge is 2.35. The highest BCUT2D eigenvalue weighted by atomic mass is 35.5. The number of rotatable bonds is 3. The third-order valence-corrected chi connectivity index (χ3v) is 5.80. The molecule has 1 aromatic heterocycles. The molecule has 2 aromatic rings. The molecular formula is C18H20ClFN4O3. The van der Waals surface area contributed by atoms with Crippen LogP contribution < -0.4 is 21.8 Å². The fraction of sp³-hybridized carbons (Fsp3) is 0.444. The second kappa shape index (κ2) is 6.10. The van der Waals surface area contributed by atoms with Crippen molar-refractivity contribution in [2.45, 2.75) is 38.3 Å². The molecule has 0 bridgehead atoms. The summed E-state index contributed by atoms with van der Waals surface area (Å²) in [5.74, 6) is -2.19. The predicted octanol–water partition coefficient (Wildman–Crippen LogP) is 2.26. The van der Waals surface area contributed by atoms with Crippen LogP contribution in [0.5, 0.6) is 0 Å². The largest absolute Gasteiger partial charge is 0.477 e. The molecule has 1 aliphatic carbocycles. The molecule has 1 aromatic carbocycles. The lowest BCUT2D eigenvalue weighted by Gasteiger charge is -2.25. The molecule has 0 spiro atoms. The number of aromatic nitrogens is 1. The van der Waals surface area contributed by atoms with E-state index in [2.05, 4.69) is 0 Å². The van der Waals surface area contributed by atoms with Crippen LogP contribution in [-0.2, 0) is 0 Å². The normalized spacial score (nSPS) is 19.9. The number of carboxylic acids is 1. The van der Waals surface area contributed by atoms with Gasteiger partial charge in [0.05, 0.1) is 21.6 Å². The van der Waals surface area contributed by atoms with Gasteiger partial charge in [-0.1, -0.05) is 11.6 Å². The Hall–Kier alpha value is -2.32. The van der Waals surface area contributed by atoms with Crippen LogP contribution in [0.3, 0.4) is 0 Å². The van der Waals surface area contributed by atoms with Crippen LogP contribution in [0.15, 0.2) is 4.79 Å². The molecule has 5 N–H and O–H groups in total. The first kappa shape index (κ1) is 18.1. The van der Waals surface area contributed by atoms with Gasteiger partial charge in [-0.25, -0.2) is 9.18 Å². The molecular weight excluding hydrogens is 375 g/mol. The number of halogens is 2. The topological polar surface area (TPSA) is 115 Å². The Bertz CT molecular complexity index is 1050. The van der Waals surface area contributed by atoms with E-state index >= 15 is 4.39 Å². The summed E-state index contributed by atoms with van der Waals surface area (Å²) >= 11 is 6.61. The summed E-state index contributed by atoms with van der Waals surface area (Å²) in [6, 6.07) is -0.135. The molecule has 1 saturated carbocycles. The summed E-state index contributed by atoms with van der Waals surface area (Å²) in [5, 5.41) is 9.53. The Balaban J connectivity index is 2.15. The molecule has 0 amide bonds. The van der Waals surface area contributed by atoms with Gasteiger partial charge in [-0.3, -0.25) is 4.79 Å². The lowest BCUT2D eigenvalue weighted by Crippen LogP contribution is -2.29. The Labute approximate surface area is 159 Å². The minimum Gasteiger partial charge on any atom is -0.477 e. The van der Waals surface area contributed by atoms with Crippen LogP contribution in [0.1, 0.15) is 41.2 Å². The Morgan fingerprint density at radius 1 is 1.33 bits per heavy atom. The summed E-state index contributed by atoms with van der Waals surface area (Å²) in [6.45, 7) is 2.48. The summed E-state index contributed by atoms with van der Waals surface area (Å²) in [5.41, 5.74) is 11.3. The smallest absolute Gasteiger partial charge is 0.343 e. The standard InChI is InChI=1S/C18H20ClFN4O3/c1-7-10-14(12(19)15(13(7)20)23-5-4-8(21)6-23)24(9-2-3-9)17(22)11(16(10)25)18(26)27/h8-9H,2-6,21-22H2,1H3,(H,26,27). The van der Waals surface area contributed by atoms with Gasteiger partial charge in [0.1, 0.15) is 11.4 Å². The summed E-state index contributed by atoms with van der Waals surface area (Å²) < 4.78 is 16.8. The van der Waals surface area contributed by atoms with Crippen LogP contribution in [0.2, 0.25) is 5.02 Å². The van der Waals surface area contributed by atoms with Gasteiger partial charge in [0.25, 0.3) is 0 Å². The first-order chi connectivity index (χ1) is 12.7. The van der Waals surface area contributed by atoms with Crippen molar-refractivity contribution < 1.29 is 14.3 Å². The molecule has 2 heterocycles. The molecule has 27 heavy (non-hydrogen) atoms. The van der Waals surface area contributed by atoms with Crippen LogP contribution in [-0.4, -0.2) is 34.8 Å². The molecule has 0 radical (unpaired) electrons. The Morgan fingerprint density at radius 3 is 2.52 bits per heavy atom. The monoisotopic (exact) mass is 394 g/mol. The van der Waals surface area contributed by atoms with Gasteiger partial charge in [-0.2, -0.15) is 0 Å². The zero-order valence-corrected chi connectivity index (χ0v) is 15.5. The number of nitrogens with two attached hydrogens (primary N) is 2. The van der Waals surface area contributed by atoms with Gasteiger partial charge >= 0.3 is 5.97 Å². The van der Waals surface area contributed by atoms with Crippen molar-refractivity contribution in [2.24, 2.45) is 5.73 Å². The number of fused-ring (bicyclic) bond motifs is 1. The molecule has 144 valence electrons. The van der Waals surface area contributed by atoms with E-state index in [1.54, 1.807) is 9.47 Å². The van der Waals surface area contributed by atoms with Crippen molar-refractivity contribution in [3.8, 4) is 0 Å². The third kappa shape index (κ3) is 2.58. The van der Waals surface area contributed by atoms with Crippen molar-refractivity contribution in [2.75, 3.05) is 23.7 Å². The number of aryl methyl sites for hydroxylation is 1. The number of carbonyl (C=O) groups is 1. The maximum absolute atomic E-state index is 15.2. The quantitative estimate of drug-likeness (QED) is 0.735. The van der Waals surface area contributed by atoms with Crippen molar-refractivity contribution in [3.63, 3.8) is 0 Å². The number of benzene rings is 1. The lowest BCUT2D eigenvalue weighted by molar-refractivity contribution is 0.0696. The number of anilines is 2. The molecule has 1 unspecified atom stereocenters. The average molecular weight is 395 g/mol. The Kier molecular flexibility index (Phi) is 4.08. The average Bonchev–Trinajstić information content (AvgIpc) is 3.33. The summed E-state index contributed by atoms with van der Waals surface area (Å²) in [7, 11) is 0. The lowest BCUT2D eigenvalue weighted by atomic mass is 10.0. The predicted molar refractivity (Wildman–Crippen MR) is 102 cm³/mol. The first-order valence-corrected chi connectivity index (χ1v) is 9.20. The van der Waals surface area contributed by atoms with Crippen molar-refractivity contribution in [1.82, 2.24) is 4.57 Å². The maximum atomic E-state index is 15.2. The third-order valence-electron chi connectivity index (χ3n) is 5.44. The van der Waals surface area contributed by atoms with Crippen LogP contribution in [0.25, 0.3) is 10.9 Å². The molecule has 2 aliphatic rings. The van der Waals surface area contributed by atoms with E-state index in [4.69, 9.17) is 23.1 Å². The van der Waals surface area contributed by atoms with E-state index in [1.807, 2.05) is 0 Å². The summed E-state index contributed by atoms with van der Waals surface area (Å²) in [6.07, 6.45) is 2.29. The highest BCUT2D eigenvalue weighted by molar-refractivity contribution is 6.38. The van der Waals surface area contributed by atoms with E-state index in [1.165, 1.54) is 6.92 Å². The minimum absolute atomic E-state index is 0.0248. The number of hydrogen-bond donors (Lipinski definition) is 3. The molecule has 2 fully saturated rings. The van der Waals surface area contributed by atoms with Crippen LogP contribution in [0.4, 0.5) is 15.9 Å². The maximum Gasteiger partial charge on any atom is 0.343 e. The molecule has 1 aliphatic heterocycles.